The van der Waals surface area contributed by atoms with Gasteiger partial charge in [-0.25, -0.2) is 4.98 Å². The summed E-state index contributed by atoms with van der Waals surface area (Å²) in [4.78, 5) is 15.8. The second-order valence-electron chi connectivity index (χ2n) is 3.67. The molecular weight excluding hydrogens is 275 g/mol. The average Bonchev–Trinajstić information content (AvgIpc) is 2.75. The van der Waals surface area contributed by atoms with E-state index in [2.05, 4.69) is 20.5 Å². The highest BCUT2D eigenvalue weighted by atomic mass is 35.5. The zero-order valence-electron chi connectivity index (χ0n) is 9.50. The topological polar surface area (TPSA) is 70.7 Å². The number of aromatic nitrogens is 3. The summed E-state index contributed by atoms with van der Waals surface area (Å²) in [5.41, 5.74) is 1.92. The van der Waals surface area contributed by atoms with Gasteiger partial charge in [-0.3, -0.25) is 9.89 Å². The number of hydrogen-bond acceptors (Lipinski definition) is 3. The zero-order valence-corrected chi connectivity index (χ0v) is 11.0. The van der Waals surface area contributed by atoms with E-state index in [0.29, 0.717) is 6.54 Å². The van der Waals surface area contributed by atoms with Gasteiger partial charge in [-0.15, -0.1) is 0 Å². The van der Waals surface area contributed by atoms with Gasteiger partial charge in [-0.05, 0) is 19.1 Å². The maximum Gasteiger partial charge on any atom is 0.271 e. The van der Waals surface area contributed by atoms with Gasteiger partial charge in [0.1, 0.15) is 10.8 Å². The number of rotatable bonds is 3. The molecule has 5 nitrogen and oxygen atoms in total. The molecule has 0 radical (unpaired) electrons. The molecule has 0 saturated heterocycles. The minimum atomic E-state index is -0.372. The molecule has 1 amide bonds. The molecule has 0 aliphatic heterocycles. The summed E-state index contributed by atoms with van der Waals surface area (Å²) >= 11 is 11.6. The molecule has 0 fully saturated rings. The molecule has 0 bridgehead atoms. The van der Waals surface area contributed by atoms with Gasteiger partial charge in [0.15, 0.2) is 0 Å². The van der Waals surface area contributed by atoms with Crippen molar-refractivity contribution in [1.82, 2.24) is 20.5 Å². The predicted molar refractivity (Wildman–Crippen MR) is 68.8 cm³/mol. The van der Waals surface area contributed by atoms with E-state index in [9.17, 15) is 4.79 Å². The normalized spacial score (nSPS) is 10.4. The summed E-state index contributed by atoms with van der Waals surface area (Å²) < 4.78 is 0. The van der Waals surface area contributed by atoms with Crippen molar-refractivity contribution in [3.63, 3.8) is 0 Å². The van der Waals surface area contributed by atoms with Crippen LogP contribution in [0.15, 0.2) is 18.3 Å². The Morgan fingerprint density at radius 3 is 2.89 bits per heavy atom. The summed E-state index contributed by atoms with van der Waals surface area (Å²) in [5, 5.41) is 9.85. The van der Waals surface area contributed by atoms with Crippen LogP contribution in [0, 0.1) is 6.92 Å². The quantitative estimate of drug-likeness (QED) is 0.850. The second-order valence-corrected chi connectivity index (χ2v) is 4.46. The zero-order chi connectivity index (χ0) is 13.1. The molecule has 0 unspecified atom stereocenters. The molecule has 0 atom stereocenters. The standard InChI is InChI=1S/C11H10Cl2N4O/c1-6-7(5-15-17-6)4-14-11(18)10-8(12)2-3-9(13)16-10/h2-3,5H,4H2,1H3,(H,14,18)(H,15,17). The van der Waals surface area contributed by atoms with E-state index in [1.165, 1.54) is 12.1 Å². The Morgan fingerprint density at radius 2 is 2.22 bits per heavy atom. The van der Waals surface area contributed by atoms with Gasteiger partial charge in [0.05, 0.1) is 11.2 Å². The fraction of sp³-hybridized carbons (Fsp3) is 0.182. The third-order valence-corrected chi connectivity index (χ3v) is 2.92. The lowest BCUT2D eigenvalue weighted by molar-refractivity contribution is 0.0946. The Labute approximate surface area is 114 Å². The van der Waals surface area contributed by atoms with Crippen LogP contribution in [0.4, 0.5) is 0 Å². The number of H-pyrrole nitrogens is 1. The van der Waals surface area contributed by atoms with Gasteiger partial charge in [0, 0.05) is 17.8 Å². The number of nitrogens with one attached hydrogen (secondary N) is 2. The molecule has 2 N–H and O–H groups in total. The number of carbonyl (C=O) groups excluding carboxylic acids is 1. The molecule has 2 heterocycles. The molecular formula is C11H10Cl2N4O. The fourth-order valence-corrected chi connectivity index (χ4v) is 1.73. The molecule has 0 spiro atoms. The van der Waals surface area contributed by atoms with Crippen molar-refractivity contribution in [1.29, 1.82) is 0 Å². The molecule has 0 aliphatic carbocycles. The maximum atomic E-state index is 11.9. The number of hydrogen-bond donors (Lipinski definition) is 2. The van der Waals surface area contributed by atoms with E-state index in [1.54, 1.807) is 6.20 Å². The van der Waals surface area contributed by atoms with Crippen molar-refractivity contribution in [2.75, 3.05) is 0 Å². The minimum Gasteiger partial charge on any atom is -0.346 e. The van der Waals surface area contributed by atoms with Crippen molar-refractivity contribution >= 4 is 29.1 Å². The first-order valence-electron chi connectivity index (χ1n) is 5.17. The van der Waals surface area contributed by atoms with E-state index in [4.69, 9.17) is 23.2 Å². The maximum absolute atomic E-state index is 11.9. The van der Waals surface area contributed by atoms with Gasteiger partial charge >= 0.3 is 0 Å². The fourth-order valence-electron chi connectivity index (χ4n) is 1.39. The summed E-state index contributed by atoms with van der Waals surface area (Å²) in [5.74, 6) is -0.372. The second kappa shape index (κ2) is 5.37. The van der Waals surface area contributed by atoms with Gasteiger partial charge in [0.25, 0.3) is 5.91 Å². The number of pyridine rings is 1. The molecule has 94 valence electrons. The molecule has 0 aliphatic rings. The van der Waals surface area contributed by atoms with Crippen LogP contribution in [0.2, 0.25) is 10.2 Å². The van der Waals surface area contributed by atoms with Crippen LogP contribution in [0.3, 0.4) is 0 Å². The predicted octanol–water partition coefficient (Wildman–Crippen LogP) is 2.35. The monoisotopic (exact) mass is 284 g/mol. The Bertz CT molecular complexity index is 582. The molecule has 7 heteroatoms. The highest BCUT2D eigenvalue weighted by Crippen LogP contribution is 2.16. The highest BCUT2D eigenvalue weighted by molar-refractivity contribution is 6.34. The van der Waals surface area contributed by atoms with Crippen molar-refractivity contribution < 1.29 is 4.79 Å². The van der Waals surface area contributed by atoms with Crippen LogP contribution in [0.5, 0.6) is 0 Å². The van der Waals surface area contributed by atoms with Crippen molar-refractivity contribution in [2.45, 2.75) is 13.5 Å². The van der Waals surface area contributed by atoms with Gasteiger partial charge in [-0.1, -0.05) is 23.2 Å². The summed E-state index contributed by atoms with van der Waals surface area (Å²) in [7, 11) is 0. The molecule has 2 aromatic heterocycles. The van der Waals surface area contributed by atoms with Crippen LogP contribution >= 0.6 is 23.2 Å². The van der Waals surface area contributed by atoms with Crippen molar-refractivity contribution in [3.8, 4) is 0 Å². The number of halogens is 2. The Kier molecular flexibility index (Phi) is 3.84. The smallest absolute Gasteiger partial charge is 0.271 e. The van der Waals surface area contributed by atoms with E-state index >= 15 is 0 Å². The van der Waals surface area contributed by atoms with Crippen LogP contribution in [0.1, 0.15) is 21.7 Å². The first-order chi connectivity index (χ1) is 8.58. The van der Waals surface area contributed by atoms with Crippen LogP contribution in [0.25, 0.3) is 0 Å². The summed E-state index contributed by atoms with van der Waals surface area (Å²) in [6.07, 6.45) is 1.66. The molecule has 0 aromatic carbocycles. The number of nitrogens with zero attached hydrogens (tertiary/aromatic N) is 2. The minimum absolute atomic E-state index is 0.116. The van der Waals surface area contributed by atoms with Crippen LogP contribution in [-0.4, -0.2) is 21.1 Å². The number of carbonyl (C=O) groups is 1. The number of aromatic amines is 1. The lowest BCUT2D eigenvalue weighted by Crippen LogP contribution is -2.24. The lowest BCUT2D eigenvalue weighted by atomic mass is 10.2. The molecule has 18 heavy (non-hydrogen) atoms. The highest BCUT2D eigenvalue weighted by Gasteiger charge is 2.13. The van der Waals surface area contributed by atoms with Gasteiger partial charge < -0.3 is 5.32 Å². The van der Waals surface area contributed by atoms with Gasteiger partial charge in [-0.2, -0.15) is 5.10 Å². The third kappa shape index (κ3) is 2.80. The number of amides is 1. The van der Waals surface area contributed by atoms with E-state index in [1.807, 2.05) is 6.92 Å². The van der Waals surface area contributed by atoms with Crippen molar-refractivity contribution in [2.24, 2.45) is 0 Å². The van der Waals surface area contributed by atoms with Gasteiger partial charge in [0.2, 0.25) is 0 Å². The molecule has 2 aromatic rings. The van der Waals surface area contributed by atoms with E-state index in [0.717, 1.165) is 11.3 Å². The Morgan fingerprint density at radius 1 is 1.44 bits per heavy atom. The first-order valence-corrected chi connectivity index (χ1v) is 5.92. The molecule has 0 saturated carbocycles. The largest absolute Gasteiger partial charge is 0.346 e. The van der Waals surface area contributed by atoms with Crippen LogP contribution < -0.4 is 5.32 Å². The van der Waals surface area contributed by atoms with E-state index < -0.39 is 0 Å². The molecule has 2 rings (SSSR count). The first kappa shape index (κ1) is 12.9. The number of aryl methyl sites for hydroxylation is 1. The average molecular weight is 285 g/mol. The summed E-state index contributed by atoms with van der Waals surface area (Å²) in [6, 6.07) is 3.07. The lowest BCUT2D eigenvalue weighted by Gasteiger charge is -2.05. The third-order valence-electron chi connectivity index (χ3n) is 2.40. The van der Waals surface area contributed by atoms with Crippen LogP contribution in [-0.2, 0) is 6.54 Å². The van der Waals surface area contributed by atoms with E-state index in [-0.39, 0.29) is 21.8 Å². The summed E-state index contributed by atoms with van der Waals surface area (Å²) in [6.45, 7) is 2.23. The van der Waals surface area contributed by atoms with Crippen molar-refractivity contribution in [3.05, 3.63) is 45.5 Å². The Balaban J connectivity index is 2.08. The Hall–Kier alpha value is -1.59. The SMILES string of the molecule is Cc1[nH]ncc1CNC(=O)c1nc(Cl)ccc1Cl.